The number of nitrogens with two attached hydrogens (primary N) is 1. The smallest absolute Gasteiger partial charge is 0.253 e. The first-order valence-electron chi connectivity index (χ1n) is 6.69. The third kappa shape index (κ3) is 4.93. The lowest BCUT2D eigenvalue weighted by molar-refractivity contribution is 0.0892. The molecule has 3 nitrogen and oxygen atoms in total. The highest BCUT2D eigenvalue weighted by Gasteiger charge is 2.27. The number of aryl methyl sites for hydroxylation is 1. The summed E-state index contributed by atoms with van der Waals surface area (Å²) in [5.41, 5.74) is 7.95. The highest BCUT2D eigenvalue weighted by atomic mass is 16.1. The second-order valence-electron chi connectivity index (χ2n) is 7.17. The summed E-state index contributed by atoms with van der Waals surface area (Å²) < 4.78 is 0. The van der Waals surface area contributed by atoms with Crippen LogP contribution in [0.25, 0.3) is 0 Å². The average molecular weight is 262 g/mol. The van der Waals surface area contributed by atoms with Gasteiger partial charge in [0.25, 0.3) is 5.91 Å². The van der Waals surface area contributed by atoms with Gasteiger partial charge in [-0.15, -0.1) is 0 Å². The predicted molar refractivity (Wildman–Crippen MR) is 81.2 cm³/mol. The molecule has 0 aliphatic heterocycles. The molecule has 0 spiro atoms. The minimum absolute atomic E-state index is 0.105. The summed E-state index contributed by atoms with van der Waals surface area (Å²) in [6.07, 6.45) is 0.900. The first-order chi connectivity index (χ1) is 8.50. The number of nitrogens with one attached hydrogen (secondary N) is 1. The molecule has 1 amide bonds. The molecule has 0 saturated heterocycles. The van der Waals surface area contributed by atoms with E-state index < -0.39 is 0 Å². The molecule has 0 bridgehead atoms. The van der Waals surface area contributed by atoms with Crippen LogP contribution in [0.3, 0.4) is 0 Å². The summed E-state index contributed by atoms with van der Waals surface area (Å²) in [6.45, 7) is 12.5. The molecule has 19 heavy (non-hydrogen) atoms. The van der Waals surface area contributed by atoms with Gasteiger partial charge in [-0.3, -0.25) is 4.79 Å². The van der Waals surface area contributed by atoms with E-state index in [9.17, 15) is 4.79 Å². The van der Waals surface area contributed by atoms with Crippen LogP contribution >= 0.6 is 0 Å². The zero-order valence-electron chi connectivity index (χ0n) is 12.9. The first-order valence-corrected chi connectivity index (χ1v) is 6.69. The number of amides is 1. The maximum absolute atomic E-state index is 12.3. The minimum atomic E-state index is -0.257. The highest BCUT2D eigenvalue weighted by Crippen LogP contribution is 2.27. The predicted octanol–water partition coefficient (Wildman–Crippen LogP) is 3.52. The number of hydrogen-bond donors (Lipinski definition) is 2. The molecular weight excluding hydrogens is 236 g/mol. The van der Waals surface area contributed by atoms with Crippen molar-refractivity contribution in [1.82, 2.24) is 5.32 Å². The Labute approximate surface area is 116 Å². The van der Waals surface area contributed by atoms with Gasteiger partial charge < -0.3 is 11.1 Å². The molecule has 0 atom stereocenters. The SMILES string of the molecule is Cc1ccc(C(=O)NC(C)(C)CC(C)(C)C)c(N)c1. The summed E-state index contributed by atoms with van der Waals surface area (Å²) in [5, 5.41) is 3.07. The summed E-state index contributed by atoms with van der Waals surface area (Å²) >= 11 is 0. The Morgan fingerprint density at radius 1 is 1.21 bits per heavy atom. The van der Waals surface area contributed by atoms with E-state index in [2.05, 4.69) is 26.1 Å². The monoisotopic (exact) mass is 262 g/mol. The lowest BCUT2D eigenvalue weighted by atomic mass is 9.81. The lowest BCUT2D eigenvalue weighted by Crippen LogP contribution is -2.46. The van der Waals surface area contributed by atoms with Gasteiger partial charge in [0.05, 0.1) is 5.56 Å². The lowest BCUT2D eigenvalue weighted by Gasteiger charge is -2.33. The van der Waals surface area contributed by atoms with E-state index in [4.69, 9.17) is 5.73 Å². The molecule has 0 aliphatic rings. The third-order valence-corrected chi connectivity index (χ3v) is 2.88. The van der Waals surface area contributed by atoms with Crippen LogP contribution in [0.2, 0.25) is 0 Å². The molecule has 0 aromatic heterocycles. The number of hydrogen-bond acceptors (Lipinski definition) is 2. The molecule has 1 rings (SSSR count). The van der Waals surface area contributed by atoms with Crippen LogP contribution in [-0.4, -0.2) is 11.4 Å². The van der Waals surface area contributed by atoms with E-state index in [0.29, 0.717) is 11.3 Å². The van der Waals surface area contributed by atoms with E-state index in [1.54, 1.807) is 6.07 Å². The molecule has 0 radical (unpaired) electrons. The Morgan fingerprint density at radius 3 is 2.26 bits per heavy atom. The Hall–Kier alpha value is -1.51. The van der Waals surface area contributed by atoms with Crippen LogP contribution in [0.1, 0.15) is 57.0 Å². The molecule has 1 aromatic rings. The number of benzene rings is 1. The van der Waals surface area contributed by atoms with Crippen molar-refractivity contribution in [3.05, 3.63) is 29.3 Å². The van der Waals surface area contributed by atoms with Crippen molar-refractivity contribution >= 4 is 11.6 Å². The standard InChI is InChI=1S/C16H26N2O/c1-11-7-8-12(13(17)9-11)14(19)18-16(5,6)10-15(2,3)4/h7-9H,10,17H2,1-6H3,(H,18,19). The Balaban J connectivity index is 2.84. The van der Waals surface area contributed by atoms with Crippen molar-refractivity contribution in [2.24, 2.45) is 5.41 Å². The van der Waals surface area contributed by atoms with Crippen LogP contribution in [0.5, 0.6) is 0 Å². The van der Waals surface area contributed by atoms with Gasteiger partial charge in [-0.25, -0.2) is 0 Å². The number of nitrogen functional groups attached to an aromatic ring is 1. The van der Waals surface area contributed by atoms with E-state index in [1.807, 2.05) is 32.9 Å². The fourth-order valence-corrected chi connectivity index (χ4v) is 2.63. The van der Waals surface area contributed by atoms with Gasteiger partial charge in [0.2, 0.25) is 0 Å². The van der Waals surface area contributed by atoms with E-state index in [1.165, 1.54) is 0 Å². The van der Waals surface area contributed by atoms with Gasteiger partial charge in [0, 0.05) is 11.2 Å². The molecule has 106 valence electrons. The fourth-order valence-electron chi connectivity index (χ4n) is 2.63. The Morgan fingerprint density at radius 2 is 1.79 bits per heavy atom. The Bertz CT molecular complexity index is 470. The van der Waals surface area contributed by atoms with Crippen LogP contribution in [0.15, 0.2) is 18.2 Å². The minimum Gasteiger partial charge on any atom is -0.398 e. The van der Waals surface area contributed by atoms with Gasteiger partial charge in [0.15, 0.2) is 0 Å². The second-order valence-corrected chi connectivity index (χ2v) is 7.17. The van der Waals surface area contributed by atoms with E-state index >= 15 is 0 Å². The van der Waals surface area contributed by atoms with Gasteiger partial charge in [-0.2, -0.15) is 0 Å². The summed E-state index contributed by atoms with van der Waals surface area (Å²) in [4.78, 5) is 12.3. The number of carbonyl (C=O) groups excluding carboxylic acids is 1. The van der Waals surface area contributed by atoms with Gasteiger partial charge in [0.1, 0.15) is 0 Å². The van der Waals surface area contributed by atoms with Crippen LogP contribution in [-0.2, 0) is 0 Å². The number of carbonyl (C=O) groups is 1. The molecule has 0 aliphatic carbocycles. The van der Waals surface area contributed by atoms with Crippen LogP contribution in [0, 0.1) is 12.3 Å². The van der Waals surface area contributed by atoms with Gasteiger partial charge in [-0.05, 0) is 50.3 Å². The van der Waals surface area contributed by atoms with Crippen LogP contribution < -0.4 is 11.1 Å². The second kappa shape index (κ2) is 5.24. The molecule has 0 heterocycles. The average Bonchev–Trinajstić information content (AvgIpc) is 2.11. The van der Waals surface area contributed by atoms with Crippen LogP contribution in [0.4, 0.5) is 5.69 Å². The zero-order valence-corrected chi connectivity index (χ0v) is 12.9. The van der Waals surface area contributed by atoms with Crippen molar-refractivity contribution in [2.45, 2.75) is 53.5 Å². The fraction of sp³-hybridized carbons (Fsp3) is 0.562. The van der Waals surface area contributed by atoms with Gasteiger partial charge in [-0.1, -0.05) is 26.8 Å². The molecule has 0 fully saturated rings. The Kier molecular flexibility index (Phi) is 4.28. The summed E-state index contributed by atoms with van der Waals surface area (Å²) in [5.74, 6) is -0.105. The number of rotatable bonds is 3. The van der Waals surface area contributed by atoms with Gasteiger partial charge >= 0.3 is 0 Å². The molecule has 0 saturated carbocycles. The van der Waals surface area contributed by atoms with Crippen molar-refractivity contribution in [1.29, 1.82) is 0 Å². The molecular formula is C16H26N2O. The maximum atomic E-state index is 12.3. The van der Waals surface area contributed by atoms with Crippen molar-refractivity contribution in [3.63, 3.8) is 0 Å². The third-order valence-electron chi connectivity index (χ3n) is 2.88. The topological polar surface area (TPSA) is 55.1 Å². The molecule has 3 heteroatoms. The molecule has 0 unspecified atom stereocenters. The summed E-state index contributed by atoms with van der Waals surface area (Å²) in [7, 11) is 0. The molecule has 1 aromatic carbocycles. The largest absolute Gasteiger partial charge is 0.398 e. The zero-order chi connectivity index (χ0) is 14.8. The summed E-state index contributed by atoms with van der Waals surface area (Å²) in [6, 6.07) is 5.51. The van der Waals surface area contributed by atoms with E-state index in [-0.39, 0.29) is 16.9 Å². The van der Waals surface area contributed by atoms with E-state index in [0.717, 1.165) is 12.0 Å². The van der Waals surface area contributed by atoms with Crippen molar-refractivity contribution in [3.8, 4) is 0 Å². The maximum Gasteiger partial charge on any atom is 0.253 e. The van der Waals surface area contributed by atoms with Crippen molar-refractivity contribution < 1.29 is 4.79 Å². The quantitative estimate of drug-likeness (QED) is 0.819. The van der Waals surface area contributed by atoms with Crippen molar-refractivity contribution in [2.75, 3.05) is 5.73 Å². The first kappa shape index (κ1) is 15.5. The normalized spacial score (nSPS) is 12.3. The number of anilines is 1. The molecule has 3 N–H and O–H groups in total. The highest BCUT2D eigenvalue weighted by molar-refractivity contribution is 5.99.